The molecule has 1 saturated carbocycles. The molecule has 1 aliphatic rings. The van der Waals surface area contributed by atoms with Gasteiger partial charge < -0.3 is 10.2 Å². The Morgan fingerprint density at radius 3 is 2.40 bits per heavy atom. The van der Waals surface area contributed by atoms with Gasteiger partial charge in [-0.15, -0.1) is 0 Å². The molecular weight excluding hydrogens is 320 g/mol. The molecule has 0 spiro atoms. The maximum Gasteiger partial charge on any atom is 0.240 e. The molecule has 0 aliphatic heterocycles. The molecule has 2 amide bonds. The lowest BCUT2D eigenvalue weighted by Crippen LogP contribution is -2.43. The Kier molecular flexibility index (Phi) is 5.17. The van der Waals surface area contributed by atoms with Crippen LogP contribution in [0.1, 0.15) is 32.6 Å². The Bertz CT molecular complexity index is 481. The number of carbonyl (C=O) groups excluding carboxylic acids is 2. The first kappa shape index (κ1) is 15.0. The third kappa shape index (κ3) is 4.07. The molecule has 1 aromatic rings. The van der Waals surface area contributed by atoms with E-state index in [9.17, 15) is 9.59 Å². The van der Waals surface area contributed by atoms with Gasteiger partial charge in [-0.2, -0.15) is 0 Å². The number of hydrogen-bond donors (Lipinski definition) is 1. The molecule has 2 rings (SSSR count). The van der Waals surface area contributed by atoms with Crippen molar-refractivity contribution in [2.24, 2.45) is 0 Å². The third-order valence-electron chi connectivity index (χ3n) is 3.54. The van der Waals surface area contributed by atoms with Gasteiger partial charge in [-0.1, -0.05) is 28.8 Å². The van der Waals surface area contributed by atoms with E-state index in [0.717, 1.165) is 23.0 Å². The van der Waals surface area contributed by atoms with Crippen LogP contribution in [0.5, 0.6) is 0 Å². The number of rotatable bonds is 4. The van der Waals surface area contributed by atoms with Gasteiger partial charge in [0.2, 0.25) is 11.8 Å². The molecule has 5 heteroatoms. The van der Waals surface area contributed by atoms with Crippen LogP contribution < -0.4 is 10.2 Å². The van der Waals surface area contributed by atoms with Crippen LogP contribution in [-0.4, -0.2) is 24.4 Å². The summed E-state index contributed by atoms with van der Waals surface area (Å²) in [6.07, 6.45) is 4.44. The van der Waals surface area contributed by atoms with Crippen LogP contribution in [0.25, 0.3) is 0 Å². The highest BCUT2D eigenvalue weighted by atomic mass is 79.9. The average Bonchev–Trinajstić information content (AvgIpc) is 2.90. The number of amides is 2. The van der Waals surface area contributed by atoms with Crippen molar-refractivity contribution >= 4 is 33.4 Å². The van der Waals surface area contributed by atoms with Crippen LogP contribution in [0.4, 0.5) is 5.69 Å². The number of carbonyl (C=O) groups is 2. The number of anilines is 1. The van der Waals surface area contributed by atoms with E-state index in [1.54, 1.807) is 0 Å². The highest BCUT2D eigenvalue weighted by molar-refractivity contribution is 9.10. The van der Waals surface area contributed by atoms with Crippen LogP contribution in [0.3, 0.4) is 0 Å². The van der Waals surface area contributed by atoms with Crippen molar-refractivity contribution in [3.8, 4) is 0 Å². The Hall–Kier alpha value is -1.36. The summed E-state index contributed by atoms with van der Waals surface area (Å²) in [7, 11) is 0. The minimum Gasteiger partial charge on any atom is -0.352 e. The number of hydrogen-bond acceptors (Lipinski definition) is 2. The summed E-state index contributed by atoms with van der Waals surface area (Å²) < 4.78 is 0.945. The molecule has 1 aliphatic carbocycles. The van der Waals surface area contributed by atoms with E-state index in [1.807, 2.05) is 24.3 Å². The number of benzene rings is 1. The standard InChI is InChI=1S/C15H19BrN2O2/c1-11(19)18(14-8-6-12(16)7-9-14)10-15(20)17-13-4-2-3-5-13/h6-9,13H,2-5,10H2,1H3,(H,17,20). The summed E-state index contributed by atoms with van der Waals surface area (Å²) in [5, 5.41) is 3.00. The second-order valence-electron chi connectivity index (χ2n) is 5.13. The van der Waals surface area contributed by atoms with E-state index >= 15 is 0 Å². The molecule has 0 saturated heterocycles. The van der Waals surface area contributed by atoms with Crippen molar-refractivity contribution in [1.29, 1.82) is 0 Å². The van der Waals surface area contributed by atoms with Gasteiger partial charge >= 0.3 is 0 Å². The van der Waals surface area contributed by atoms with E-state index in [0.29, 0.717) is 0 Å². The van der Waals surface area contributed by atoms with Crippen LogP contribution >= 0.6 is 15.9 Å². The van der Waals surface area contributed by atoms with Gasteiger partial charge in [0, 0.05) is 23.1 Å². The zero-order chi connectivity index (χ0) is 14.5. The predicted octanol–water partition coefficient (Wildman–Crippen LogP) is 2.86. The quantitative estimate of drug-likeness (QED) is 0.917. The van der Waals surface area contributed by atoms with Gasteiger partial charge in [0.1, 0.15) is 6.54 Å². The van der Waals surface area contributed by atoms with E-state index in [-0.39, 0.29) is 24.4 Å². The lowest BCUT2D eigenvalue weighted by atomic mass is 10.2. The molecular formula is C15H19BrN2O2. The lowest BCUT2D eigenvalue weighted by molar-refractivity contribution is -0.123. The van der Waals surface area contributed by atoms with Crippen molar-refractivity contribution in [3.63, 3.8) is 0 Å². The van der Waals surface area contributed by atoms with Crippen molar-refractivity contribution in [3.05, 3.63) is 28.7 Å². The smallest absolute Gasteiger partial charge is 0.240 e. The Morgan fingerprint density at radius 2 is 1.85 bits per heavy atom. The molecule has 20 heavy (non-hydrogen) atoms. The van der Waals surface area contributed by atoms with Crippen molar-refractivity contribution < 1.29 is 9.59 Å². The van der Waals surface area contributed by atoms with E-state index in [1.165, 1.54) is 24.7 Å². The monoisotopic (exact) mass is 338 g/mol. The van der Waals surface area contributed by atoms with Crippen LogP contribution in [0.15, 0.2) is 28.7 Å². The fraction of sp³-hybridized carbons (Fsp3) is 0.467. The molecule has 0 atom stereocenters. The largest absolute Gasteiger partial charge is 0.352 e. The zero-order valence-electron chi connectivity index (χ0n) is 11.6. The van der Waals surface area contributed by atoms with E-state index in [4.69, 9.17) is 0 Å². The van der Waals surface area contributed by atoms with Crippen LogP contribution in [-0.2, 0) is 9.59 Å². The normalized spacial score (nSPS) is 15.1. The van der Waals surface area contributed by atoms with Crippen molar-refractivity contribution in [1.82, 2.24) is 5.32 Å². The molecule has 0 unspecified atom stereocenters. The topological polar surface area (TPSA) is 49.4 Å². The molecule has 1 aromatic carbocycles. The first-order valence-electron chi connectivity index (χ1n) is 6.89. The van der Waals surface area contributed by atoms with Gasteiger partial charge in [-0.25, -0.2) is 0 Å². The zero-order valence-corrected chi connectivity index (χ0v) is 13.1. The molecule has 0 radical (unpaired) electrons. The van der Waals surface area contributed by atoms with Crippen molar-refractivity contribution in [2.45, 2.75) is 38.6 Å². The first-order chi connectivity index (χ1) is 9.56. The average molecular weight is 339 g/mol. The molecule has 1 fully saturated rings. The maximum atomic E-state index is 12.0. The summed E-state index contributed by atoms with van der Waals surface area (Å²) in [5.74, 6) is -0.219. The lowest BCUT2D eigenvalue weighted by Gasteiger charge is -2.22. The summed E-state index contributed by atoms with van der Waals surface area (Å²) in [4.78, 5) is 25.3. The summed E-state index contributed by atoms with van der Waals surface area (Å²) in [6.45, 7) is 1.55. The first-order valence-corrected chi connectivity index (χ1v) is 7.68. The summed E-state index contributed by atoms with van der Waals surface area (Å²) in [6, 6.07) is 7.66. The second kappa shape index (κ2) is 6.88. The van der Waals surface area contributed by atoms with Gasteiger partial charge in [0.25, 0.3) is 0 Å². The number of nitrogens with one attached hydrogen (secondary N) is 1. The second-order valence-corrected chi connectivity index (χ2v) is 6.05. The fourth-order valence-electron chi connectivity index (χ4n) is 2.49. The fourth-order valence-corrected chi connectivity index (χ4v) is 2.76. The van der Waals surface area contributed by atoms with Crippen LogP contribution in [0, 0.1) is 0 Å². The van der Waals surface area contributed by atoms with E-state index in [2.05, 4.69) is 21.2 Å². The Balaban J connectivity index is 1.99. The van der Waals surface area contributed by atoms with Gasteiger partial charge in [-0.3, -0.25) is 9.59 Å². The summed E-state index contributed by atoms with van der Waals surface area (Å²) in [5.41, 5.74) is 0.738. The molecule has 0 aromatic heterocycles. The number of nitrogens with zero attached hydrogens (tertiary/aromatic N) is 1. The molecule has 1 N–H and O–H groups in total. The third-order valence-corrected chi connectivity index (χ3v) is 4.07. The Labute approximate surface area is 127 Å². The maximum absolute atomic E-state index is 12.0. The minimum absolute atomic E-state index is 0.0769. The predicted molar refractivity (Wildman–Crippen MR) is 82.6 cm³/mol. The molecule has 0 bridgehead atoms. The van der Waals surface area contributed by atoms with Crippen LogP contribution in [0.2, 0.25) is 0 Å². The highest BCUT2D eigenvalue weighted by Crippen LogP contribution is 2.20. The summed E-state index contributed by atoms with van der Waals surface area (Å²) >= 11 is 3.36. The van der Waals surface area contributed by atoms with Gasteiger partial charge in [-0.05, 0) is 37.1 Å². The SMILES string of the molecule is CC(=O)N(CC(=O)NC1CCCC1)c1ccc(Br)cc1. The van der Waals surface area contributed by atoms with E-state index < -0.39 is 0 Å². The minimum atomic E-state index is -0.131. The van der Waals surface area contributed by atoms with Gasteiger partial charge in [0.15, 0.2) is 0 Å². The van der Waals surface area contributed by atoms with Gasteiger partial charge in [0.05, 0.1) is 0 Å². The molecule has 0 heterocycles. The highest BCUT2D eigenvalue weighted by Gasteiger charge is 2.20. The molecule has 108 valence electrons. The molecule has 4 nitrogen and oxygen atoms in total. The Morgan fingerprint density at radius 1 is 1.25 bits per heavy atom. The number of halogens is 1. The van der Waals surface area contributed by atoms with Crippen molar-refractivity contribution in [2.75, 3.05) is 11.4 Å².